The average Bonchev–Trinajstić information content (AvgIpc) is 2.31. The number of benzene rings is 1. The summed E-state index contributed by atoms with van der Waals surface area (Å²) < 4.78 is 19.2. The quantitative estimate of drug-likeness (QED) is 0.877. The van der Waals surface area contributed by atoms with Crippen molar-refractivity contribution in [3.05, 3.63) is 24.0 Å². The van der Waals surface area contributed by atoms with Gasteiger partial charge in [0, 0.05) is 25.2 Å². The van der Waals surface area contributed by atoms with Crippen molar-refractivity contribution in [1.29, 1.82) is 0 Å². The molecule has 0 atom stereocenters. The Morgan fingerprint density at radius 1 is 1.41 bits per heavy atom. The van der Waals surface area contributed by atoms with Gasteiger partial charge in [0.25, 0.3) is 0 Å². The van der Waals surface area contributed by atoms with E-state index in [4.69, 9.17) is 10.5 Å². The fourth-order valence-electron chi connectivity index (χ4n) is 2.14. The van der Waals surface area contributed by atoms with Gasteiger partial charge in [-0.15, -0.1) is 0 Å². The van der Waals surface area contributed by atoms with Crippen LogP contribution in [-0.4, -0.2) is 25.7 Å². The maximum absolute atomic E-state index is 13.9. The summed E-state index contributed by atoms with van der Waals surface area (Å²) in [5.41, 5.74) is 6.49. The van der Waals surface area contributed by atoms with Crippen LogP contribution in [0.5, 0.6) is 5.75 Å². The Hall–Kier alpha value is -1.29. The molecule has 3 nitrogen and oxygen atoms in total. The molecule has 2 rings (SSSR count). The van der Waals surface area contributed by atoms with Crippen LogP contribution in [0.15, 0.2) is 18.2 Å². The van der Waals surface area contributed by atoms with Crippen LogP contribution in [0.4, 0.5) is 10.1 Å². The van der Waals surface area contributed by atoms with Crippen LogP contribution < -0.4 is 15.4 Å². The fraction of sp³-hybridized carbons (Fsp3) is 0.538. The molecule has 17 heavy (non-hydrogen) atoms. The summed E-state index contributed by atoms with van der Waals surface area (Å²) >= 11 is 0. The van der Waals surface area contributed by atoms with Gasteiger partial charge in [-0.3, -0.25) is 0 Å². The minimum atomic E-state index is -0.216. The second-order valence-corrected chi connectivity index (χ2v) is 4.37. The highest BCUT2D eigenvalue weighted by Crippen LogP contribution is 2.26. The van der Waals surface area contributed by atoms with Crippen LogP contribution in [0.25, 0.3) is 0 Å². The van der Waals surface area contributed by atoms with Gasteiger partial charge < -0.3 is 15.4 Å². The molecule has 1 heterocycles. The average molecular weight is 238 g/mol. The monoisotopic (exact) mass is 238 g/mol. The number of halogens is 1. The zero-order chi connectivity index (χ0) is 12.3. The second kappa shape index (κ2) is 5.36. The molecule has 0 spiro atoms. The Balaban J connectivity index is 2.10. The van der Waals surface area contributed by atoms with Gasteiger partial charge in [0.05, 0.1) is 12.3 Å². The maximum Gasteiger partial charge on any atom is 0.150 e. The highest BCUT2D eigenvalue weighted by Gasteiger charge is 2.18. The van der Waals surface area contributed by atoms with Crippen LogP contribution >= 0.6 is 0 Å². The lowest BCUT2D eigenvalue weighted by molar-refractivity contribution is 0.338. The van der Waals surface area contributed by atoms with Crippen molar-refractivity contribution in [3.8, 4) is 5.75 Å². The van der Waals surface area contributed by atoms with Gasteiger partial charge in [-0.2, -0.15) is 0 Å². The van der Waals surface area contributed by atoms with Gasteiger partial charge in [-0.1, -0.05) is 0 Å². The Bertz CT molecular complexity index is 376. The summed E-state index contributed by atoms with van der Waals surface area (Å²) in [5.74, 6) is 0.369. The first-order valence-electron chi connectivity index (χ1n) is 6.13. The summed E-state index contributed by atoms with van der Waals surface area (Å²) in [5, 5.41) is 0. The van der Waals surface area contributed by atoms with Crippen LogP contribution in [0, 0.1) is 5.82 Å². The van der Waals surface area contributed by atoms with Crippen molar-refractivity contribution in [2.45, 2.75) is 25.8 Å². The molecule has 1 aliphatic rings. The number of hydrogen-bond donors (Lipinski definition) is 1. The molecule has 1 aliphatic heterocycles. The van der Waals surface area contributed by atoms with Crippen molar-refractivity contribution in [1.82, 2.24) is 0 Å². The normalized spacial score (nSPS) is 17.2. The molecule has 0 bridgehead atoms. The Labute approximate surface area is 101 Å². The molecular weight excluding hydrogens is 219 g/mol. The first-order chi connectivity index (χ1) is 8.20. The smallest absolute Gasteiger partial charge is 0.150 e. The molecule has 0 saturated carbocycles. The van der Waals surface area contributed by atoms with Gasteiger partial charge in [-0.25, -0.2) is 4.39 Å². The zero-order valence-corrected chi connectivity index (χ0v) is 10.2. The van der Waals surface area contributed by atoms with E-state index < -0.39 is 0 Å². The molecule has 1 fully saturated rings. The van der Waals surface area contributed by atoms with Gasteiger partial charge in [0.2, 0.25) is 0 Å². The SMILES string of the molecule is CCOc1ccc(N2CCC(N)CC2)c(F)c1. The minimum absolute atomic E-state index is 0.216. The molecule has 0 radical (unpaired) electrons. The van der Waals surface area contributed by atoms with E-state index in [0.717, 1.165) is 25.9 Å². The number of hydrogen-bond acceptors (Lipinski definition) is 3. The lowest BCUT2D eigenvalue weighted by Gasteiger charge is -2.32. The molecule has 1 aromatic carbocycles. The highest BCUT2D eigenvalue weighted by atomic mass is 19.1. The second-order valence-electron chi connectivity index (χ2n) is 4.37. The molecule has 1 aromatic rings. The van der Waals surface area contributed by atoms with Crippen molar-refractivity contribution >= 4 is 5.69 Å². The van der Waals surface area contributed by atoms with E-state index >= 15 is 0 Å². The molecule has 0 aliphatic carbocycles. The van der Waals surface area contributed by atoms with E-state index in [1.54, 1.807) is 6.07 Å². The summed E-state index contributed by atoms with van der Waals surface area (Å²) in [6.07, 6.45) is 1.85. The number of anilines is 1. The van der Waals surface area contributed by atoms with E-state index in [-0.39, 0.29) is 11.9 Å². The first kappa shape index (κ1) is 12.2. The van der Waals surface area contributed by atoms with Gasteiger partial charge >= 0.3 is 0 Å². The minimum Gasteiger partial charge on any atom is -0.494 e. The standard InChI is InChI=1S/C13H19FN2O/c1-2-17-11-3-4-13(12(14)9-11)16-7-5-10(15)6-8-16/h3-4,9-10H,2,5-8,15H2,1H3. The van der Waals surface area contributed by atoms with E-state index in [9.17, 15) is 4.39 Å². The Morgan fingerprint density at radius 2 is 2.12 bits per heavy atom. The number of nitrogens with two attached hydrogens (primary N) is 1. The Morgan fingerprint density at radius 3 is 2.71 bits per heavy atom. The van der Waals surface area contributed by atoms with Gasteiger partial charge in [-0.05, 0) is 31.9 Å². The summed E-state index contributed by atoms with van der Waals surface area (Å²) in [7, 11) is 0. The van der Waals surface area contributed by atoms with Crippen molar-refractivity contribution in [3.63, 3.8) is 0 Å². The fourth-order valence-corrected chi connectivity index (χ4v) is 2.14. The Kier molecular flexibility index (Phi) is 3.84. The molecule has 94 valence electrons. The maximum atomic E-state index is 13.9. The highest BCUT2D eigenvalue weighted by molar-refractivity contribution is 5.51. The molecule has 1 saturated heterocycles. The molecule has 0 amide bonds. The summed E-state index contributed by atoms with van der Waals surface area (Å²) in [6.45, 7) is 4.09. The predicted molar refractivity (Wildman–Crippen MR) is 67.0 cm³/mol. The van der Waals surface area contributed by atoms with Gasteiger partial charge in [0.15, 0.2) is 0 Å². The first-order valence-corrected chi connectivity index (χ1v) is 6.13. The number of piperidine rings is 1. The van der Waals surface area contributed by atoms with E-state index in [1.807, 2.05) is 13.0 Å². The van der Waals surface area contributed by atoms with Gasteiger partial charge in [0.1, 0.15) is 11.6 Å². The molecule has 0 aromatic heterocycles. The van der Waals surface area contributed by atoms with E-state index in [1.165, 1.54) is 6.07 Å². The van der Waals surface area contributed by atoms with Crippen molar-refractivity contribution in [2.75, 3.05) is 24.6 Å². The van der Waals surface area contributed by atoms with Crippen molar-refractivity contribution in [2.24, 2.45) is 5.73 Å². The molecule has 2 N–H and O–H groups in total. The number of rotatable bonds is 3. The summed E-state index contributed by atoms with van der Waals surface area (Å²) in [4.78, 5) is 2.05. The number of nitrogens with zero attached hydrogens (tertiary/aromatic N) is 1. The summed E-state index contributed by atoms with van der Waals surface area (Å²) in [6, 6.07) is 5.32. The third kappa shape index (κ3) is 2.88. The topological polar surface area (TPSA) is 38.5 Å². The van der Waals surface area contributed by atoms with Crippen molar-refractivity contribution < 1.29 is 9.13 Å². The van der Waals surface area contributed by atoms with E-state index in [2.05, 4.69) is 4.90 Å². The van der Waals surface area contributed by atoms with Crippen LogP contribution in [0.2, 0.25) is 0 Å². The van der Waals surface area contributed by atoms with Crippen LogP contribution in [-0.2, 0) is 0 Å². The third-order valence-electron chi connectivity index (χ3n) is 3.11. The largest absolute Gasteiger partial charge is 0.494 e. The molecule has 4 heteroatoms. The molecule has 0 unspecified atom stereocenters. The van der Waals surface area contributed by atoms with E-state index in [0.29, 0.717) is 18.0 Å². The predicted octanol–water partition coefficient (Wildman–Crippen LogP) is 2.15. The third-order valence-corrected chi connectivity index (χ3v) is 3.11. The zero-order valence-electron chi connectivity index (χ0n) is 10.2. The lowest BCUT2D eigenvalue weighted by Crippen LogP contribution is -2.40. The number of ether oxygens (including phenoxy) is 1. The van der Waals surface area contributed by atoms with Crippen LogP contribution in [0.3, 0.4) is 0 Å². The lowest BCUT2D eigenvalue weighted by atomic mass is 10.1. The molecular formula is C13H19FN2O. The van der Waals surface area contributed by atoms with Crippen LogP contribution in [0.1, 0.15) is 19.8 Å².